The molecule has 1 nitrogen and oxygen atoms in total. The molecule has 3 saturated carbocycles. The predicted molar refractivity (Wildman–Crippen MR) is 42.2 cm³/mol. The van der Waals surface area contributed by atoms with E-state index >= 15 is 0 Å². The minimum atomic E-state index is 0.233. The van der Waals surface area contributed by atoms with Crippen LogP contribution in [0.2, 0.25) is 0 Å². The van der Waals surface area contributed by atoms with Crippen molar-refractivity contribution in [2.24, 2.45) is 10.8 Å². The summed E-state index contributed by atoms with van der Waals surface area (Å²) in [6.07, 6.45) is 8.64. The van der Waals surface area contributed by atoms with Gasteiger partial charge in [-0.2, -0.15) is 0 Å². The van der Waals surface area contributed by atoms with Crippen molar-refractivity contribution in [2.45, 2.75) is 44.9 Å². The smallest absolute Gasteiger partial charge is 0.139 e. The van der Waals surface area contributed by atoms with Gasteiger partial charge >= 0.3 is 0 Å². The van der Waals surface area contributed by atoms with Crippen molar-refractivity contribution < 1.29 is 4.79 Å². The molecule has 0 unspecified atom stereocenters. The molecule has 0 atom stereocenters. The van der Waals surface area contributed by atoms with E-state index in [1.807, 2.05) is 0 Å². The van der Waals surface area contributed by atoms with Crippen molar-refractivity contribution in [2.75, 3.05) is 0 Å². The molecule has 0 N–H and O–H groups in total. The Bertz CT molecular complexity index is 217. The van der Waals surface area contributed by atoms with Gasteiger partial charge in [-0.15, -0.1) is 0 Å². The Morgan fingerprint density at radius 1 is 1.09 bits per heavy atom. The number of ketones is 1. The summed E-state index contributed by atoms with van der Waals surface area (Å²) in [5.74, 6) is 0.593. The number of hydrogen-bond donors (Lipinski definition) is 0. The van der Waals surface area contributed by atoms with E-state index in [9.17, 15) is 4.79 Å². The molecule has 60 valence electrons. The maximum Gasteiger partial charge on any atom is 0.139 e. The standard InChI is InChI=1S/C10H14O/c11-8-2-1-3-10(8)6-9(7-10)4-5-9/h1-7H2. The van der Waals surface area contributed by atoms with Crippen molar-refractivity contribution in [3.8, 4) is 0 Å². The van der Waals surface area contributed by atoms with E-state index in [2.05, 4.69) is 0 Å². The third-order valence-corrected chi connectivity index (χ3v) is 4.03. The van der Waals surface area contributed by atoms with Crippen LogP contribution in [0.4, 0.5) is 0 Å². The SMILES string of the molecule is O=C1CCCC12CC1(CC1)C2. The lowest BCUT2D eigenvalue weighted by Gasteiger charge is -2.44. The summed E-state index contributed by atoms with van der Waals surface area (Å²) in [6, 6.07) is 0. The first-order chi connectivity index (χ1) is 5.25. The Morgan fingerprint density at radius 2 is 1.82 bits per heavy atom. The molecular weight excluding hydrogens is 136 g/mol. The zero-order chi connectivity index (χ0) is 7.53. The summed E-state index contributed by atoms with van der Waals surface area (Å²) < 4.78 is 0. The Balaban J connectivity index is 1.82. The normalized spacial score (nSPS) is 36.2. The summed E-state index contributed by atoms with van der Waals surface area (Å²) in [7, 11) is 0. The molecule has 3 rings (SSSR count). The summed E-state index contributed by atoms with van der Waals surface area (Å²) in [5, 5.41) is 0. The molecule has 0 saturated heterocycles. The second-order valence-corrected chi connectivity index (χ2v) is 4.91. The van der Waals surface area contributed by atoms with Crippen molar-refractivity contribution in [3.05, 3.63) is 0 Å². The molecule has 0 aromatic heterocycles. The highest BCUT2D eigenvalue weighted by molar-refractivity contribution is 5.88. The molecular formula is C10H14O. The summed E-state index contributed by atoms with van der Waals surface area (Å²) >= 11 is 0. The van der Waals surface area contributed by atoms with Crippen molar-refractivity contribution in [1.29, 1.82) is 0 Å². The van der Waals surface area contributed by atoms with Crippen molar-refractivity contribution >= 4 is 5.78 Å². The van der Waals surface area contributed by atoms with Gasteiger partial charge in [0.1, 0.15) is 5.78 Å². The number of carbonyl (C=O) groups excluding carboxylic acids is 1. The molecule has 0 radical (unpaired) electrons. The molecule has 11 heavy (non-hydrogen) atoms. The molecule has 3 fully saturated rings. The average Bonchev–Trinajstić information content (AvgIpc) is 2.56. The van der Waals surface area contributed by atoms with Gasteiger partial charge in [0.05, 0.1) is 0 Å². The lowest BCUT2D eigenvalue weighted by molar-refractivity contribution is -0.134. The molecule has 0 aliphatic heterocycles. The van der Waals surface area contributed by atoms with E-state index in [1.54, 1.807) is 0 Å². The van der Waals surface area contributed by atoms with Crippen LogP contribution >= 0.6 is 0 Å². The van der Waals surface area contributed by atoms with Gasteiger partial charge in [0.15, 0.2) is 0 Å². The molecule has 3 aliphatic rings. The maximum absolute atomic E-state index is 11.5. The van der Waals surface area contributed by atoms with E-state index in [-0.39, 0.29) is 5.41 Å². The molecule has 0 aromatic rings. The van der Waals surface area contributed by atoms with Crippen molar-refractivity contribution in [1.82, 2.24) is 0 Å². The molecule has 0 bridgehead atoms. The lowest BCUT2D eigenvalue weighted by atomic mass is 9.58. The predicted octanol–water partition coefficient (Wildman–Crippen LogP) is 2.30. The summed E-state index contributed by atoms with van der Waals surface area (Å²) in [5.41, 5.74) is 0.941. The van der Waals surface area contributed by atoms with Gasteiger partial charge in [0.2, 0.25) is 0 Å². The molecule has 0 heterocycles. The highest BCUT2D eigenvalue weighted by Crippen LogP contribution is 2.71. The van der Waals surface area contributed by atoms with Crippen LogP contribution in [0.1, 0.15) is 44.9 Å². The topological polar surface area (TPSA) is 17.1 Å². The van der Waals surface area contributed by atoms with Crippen molar-refractivity contribution in [3.63, 3.8) is 0 Å². The Morgan fingerprint density at radius 3 is 2.27 bits per heavy atom. The first-order valence-corrected chi connectivity index (χ1v) is 4.78. The average molecular weight is 150 g/mol. The van der Waals surface area contributed by atoms with Crippen LogP contribution in [0.5, 0.6) is 0 Å². The van der Waals surface area contributed by atoms with Crippen LogP contribution in [-0.2, 0) is 4.79 Å². The van der Waals surface area contributed by atoms with E-state index in [1.165, 1.54) is 38.5 Å². The largest absolute Gasteiger partial charge is 0.299 e. The first-order valence-electron chi connectivity index (χ1n) is 4.78. The van der Waals surface area contributed by atoms with E-state index in [4.69, 9.17) is 0 Å². The van der Waals surface area contributed by atoms with Gasteiger partial charge < -0.3 is 0 Å². The lowest BCUT2D eigenvalue weighted by Crippen LogP contribution is -2.41. The van der Waals surface area contributed by atoms with Gasteiger partial charge in [0, 0.05) is 11.8 Å². The molecule has 0 aromatic carbocycles. The Hall–Kier alpha value is -0.330. The zero-order valence-corrected chi connectivity index (χ0v) is 6.86. The fraction of sp³-hybridized carbons (Fsp3) is 0.900. The molecule has 0 amide bonds. The molecule has 3 aliphatic carbocycles. The molecule has 2 spiro atoms. The number of rotatable bonds is 0. The van der Waals surface area contributed by atoms with Gasteiger partial charge in [-0.3, -0.25) is 4.79 Å². The highest BCUT2D eigenvalue weighted by atomic mass is 16.1. The monoisotopic (exact) mass is 150 g/mol. The van der Waals surface area contributed by atoms with E-state index in [0.29, 0.717) is 11.2 Å². The van der Waals surface area contributed by atoms with Crippen LogP contribution < -0.4 is 0 Å². The minimum absolute atomic E-state index is 0.233. The highest BCUT2D eigenvalue weighted by Gasteiger charge is 2.64. The maximum atomic E-state index is 11.5. The van der Waals surface area contributed by atoms with Crippen LogP contribution in [0, 0.1) is 10.8 Å². The molecule has 1 heteroatoms. The number of hydrogen-bond acceptors (Lipinski definition) is 1. The fourth-order valence-corrected chi connectivity index (χ4v) is 3.28. The van der Waals surface area contributed by atoms with E-state index < -0.39 is 0 Å². The third-order valence-electron chi connectivity index (χ3n) is 4.03. The first kappa shape index (κ1) is 6.22. The fourth-order valence-electron chi connectivity index (χ4n) is 3.28. The Kier molecular flexibility index (Phi) is 0.875. The van der Waals surface area contributed by atoms with Crippen LogP contribution in [-0.4, -0.2) is 5.78 Å². The number of Topliss-reactive ketones (excluding diaryl/α,β-unsaturated/α-hetero) is 1. The third kappa shape index (κ3) is 0.646. The second-order valence-electron chi connectivity index (χ2n) is 4.91. The van der Waals surface area contributed by atoms with Gasteiger partial charge in [-0.25, -0.2) is 0 Å². The summed E-state index contributed by atoms with van der Waals surface area (Å²) in [6.45, 7) is 0. The van der Waals surface area contributed by atoms with E-state index in [0.717, 1.165) is 6.42 Å². The van der Waals surface area contributed by atoms with Gasteiger partial charge in [0.25, 0.3) is 0 Å². The quantitative estimate of drug-likeness (QED) is 0.518. The van der Waals surface area contributed by atoms with Gasteiger partial charge in [-0.1, -0.05) is 0 Å². The van der Waals surface area contributed by atoms with Gasteiger partial charge in [-0.05, 0) is 43.9 Å². The number of carbonyl (C=O) groups is 1. The summed E-state index contributed by atoms with van der Waals surface area (Å²) in [4.78, 5) is 11.5. The Labute approximate surface area is 67.2 Å². The van der Waals surface area contributed by atoms with Crippen LogP contribution in [0.15, 0.2) is 0 Å². The van der Waals surface area contributed by atoms with Crippen LogP contribution in [0.25, 0.3) is 0 Å². The van der Waals surface area contributed by atoms with Crippen LogP contribution in [0.3, 0.4) is 0 Å². The minimum Gasteiger partial charge on any atom is -0.299 e. The zero-order valence-electron chi connectivity index (χ0n) is 6.86. The second kappa shape index (κ2) is 1.55.